The maximum Gasteiger partial charge on any atom is 0.0721 e. The highest BCUT2D eigenvalue weighted by Gasteiger charge is 2.43. The SMILES string of the molecule is CCCCC[C@H](O)C=C[C@@H]1[C@H]2CC(CCCCCN(C)C)=C[C@H]2C[C@H]1O. The number of rotatable bonds is 12. The van der Waals surface area contributed by atoms with Crippen molar-refractivity contribution in [2.75, 3.05) is 20.6 Å². The van der Waals surface area contributed by atoms with E-state index in [9.17, 15) is 10.2 Å². The zero-order chi connectivity index (χ0) is 18.9. The maximum atomic E-state index is 10.4. The Morgan fingerprint density at radius 3 is 2.73 bits per heavy atom. The molecule has 0 spiro atoms. The number of aliphatic hydroxyl groups excluding tert-OH is 2. The molecule has 0 aliphatic heterocycles. The van der Waals surface area contributed by atoms with Crippen LogP contribution in [0.15, 0.2) is 23.8 Å². The Labute approximate surface area is 161 Å². The lowest BCUT2D eigenvalue weighted by molar-refractivity contribution is 0.139. The van der Waals surface area contributed by atoms with Crippen LogP contribution in [0, 0.1) is 17.8 Å². The zero-order valence-corrected chi connectivity index (χ0v) is 17.2. The molecule has 5 atom stereocenters. The summed E-state index contributed by atoms with van der Waals surface area (Å²) in [5.74, 6) is 1.33. The number of unbranched alkanes of at least 4 members (excludes halogenated alkanes) is 4. The van der Waals surface area contributed by atoms with Gasteiger partial charge in [-0.2, -0.15) is 0 Å². The van der Waals surface area contributed by atoms with Crippen LogP contribution < -0.4 is 0 Å². The maximum absolute atomic E-state index is 10.4. The smallest absolute Gasteiger partial charge is 0.0721 e. The van der Waals surface area contributed by atoms with Gasteiger partial charge in [-0.3, -0.25) is 0 Å². The molecule has 2 N–H and O–H groups in total. The topological polar surface area (TPSA) is 43.7 Å². The van der Waals surface area contributed by atoms with Gasteiger partial charge in [-0.15, -0.1) is 0 Å². The van der Waals surface area contributed by atoms with Gasteiger partial charge in [0, 0.05) is 5.92 Å². The van der Waals surface area contributed by atoms with Crippen LogP contribution in [0.25, 0.3) is 0 Å². The number of allylic oxidation sites excluding steroid dienone is 2. The van der Waals surface area contributed by atoms with E-state index in [1.807, 2.05) is 6.08 Å². The van der Waals surface area contributed by atoms with Gasteiger partial charge < -0.3 is 15.1 Å². The number of aliphatic hydroxyl groups is 2. The largest absolute Gasteiger partial charge is 0.392 e. The third kappa shape index (κ3) is 6.83. The number of nitrogens with zero attached hydrogens (tertiary/aromatic N) is 1. The molecule has 0 radical (unpaired) electrons. The predicted molar refractivity (Wildman–Crippen MR) is 110 cm³/mol. The Morgan fingerprint density at radius 1 is 1.19 bits per heavy atom. The summed E-state index contributed by atoms with van der Waals surface area (Å²) in [6, 6.07) is 0. The van der Waals surface area contributed by atoms with Crippen molar-refractivity contribution in [1.29, 1.82) is 0 Å². The van der Waals surface area contributed by atoms with E-state index in [1.54, 1.807) is 5.57 Å². The molecular formula is C23H41NO2. The van der Waals surface area contributed by atoms with Crippen molar-refractivity contribution in [2.45, 2.75) is 83.3 Å². The molecule has 2 aliphatic carbocycles. The van der Waals surface area contributed by atoms with Gasteiger partial charge in [0.25, 0.3) is 0 Å². The van der Waals surface area contributed by atoms with Gasteiger partial charge in [0.15, 0.2) is 0 Å². The molecule has 26 heavy (non-hydrogen) atoms. The van der Waals surface area contributed by atoms with Crippen LogP contribution in [-0.4, -0.2) is 48.0 Å². The average molecular weight is 364 g/mol. The van der Waals surface area contributed by atoms with E-state index >= 15 is 0 Å². The van der Waals surface area contributed by atoms with Crippen molar-refractivity contribution < 1.29 is 10.2 Å². The minimum absolute atomic E-state index is 0.225. The Balaban J connectivity index is 1.74. The van der Waals surface area contributed by atoms with Gasteiger partial charge in [0.2, 0.25) is 0 Å². The Kier molecular flexibility index (Phi) is 9.38. The summed E-state index contributed by atoms with van der Waals surface area (Å²) in [4.78, 5) is 2.26. The van der Waals surface area contributed by atoms with Gasteiger partial charge in [-0.1, -0.05) is 56.4 Å². The summed E-state index contributed by atoms with van der Waals surface area (Å²) < 4.78 is 0. The van der Waals surface area contributed by atoms with Gasteiger partial charge in [-0.25, -0.2) is 0 Å². The second-order valence-corrected chi connectivity index (χ2v) is 8.80. The molecule has 0 heterocycles. The molecule has 3 nitrogen and oxygen atoms in total. The molecule has 3 heteroatoms. The van der Waals surface area contributed by atoms with Crippen LogP contribution in [0.4, 0.5) is 0 Å². The number of hydrogen-bond donors (Lipinski definition) is 2. The van der Waals surface area contributed by atoms with Crippen LogP contribution in [-0.2, 0) is 0 Å². The lowest BCUT2D eigenvalue weighted by Gasteiger charge is -2.19. The predicted octanol–water partition coefficient (Wildman–Crippen LogP) is 4.55. The first-order valence-corrected chi connectivity index (χ1v) is 10.9. The summed E-state index contributed by atoms with van der Waals surface area (Å²) in [7, 11) is 4.28. The third-order valence-electron chi connectivity index (χ3n) is 6.21. The lowest BCUT2D eigenvalue weighted by atomic mass is 9.88. The quantitative estimate of drug-likeness (QED) is 0.395. The van der Waals surface area contributed by atoms with Crippen molar-refractivity contribution in [3.05, 3.63) is 23.8 Å². The highest BCUT2D eigenvalue weighted by Crippen LogP contribution is 2.48. The van der Waals surface area contributed by atoms with E-state index in [4.69, 9.17) is 0 Å². The number of fused-ring (bicyclic) bond motifs is 1. The Morgan fingerprint density at radius 2 is 2.00 bits per heavy atom. The van der Waals surface area contributed by atoms with Crippen molar-refractivity contribution >= 4 is 0 Å². The van der Waals surface area contributed by atoms with Crippen molar-refractivity contribution in [3.8, 4) is 0 Å². The van der Waals surface area contributed by atoms with Crippen molar-refractivity contribution in [3.63, 3.8) is 0 Å². The standard InChI is InChI=1S/C23H41NO2/c1-4-5-7-11-20(25)12-13-21-22-16-18(15-19(22)17-23(21)26)10-8-6-9-14-24(2)3/h12-13,15,19-23,25-26H,4-11,14,16-17H2,1-3H3/t19-,20-,21+,22-,23+/m0/s1. The average Bonchev–Trinajstić information content (AvgIpc) is 3.09. The first-order valence-electron chi connectivity index (χ1n) is 10.9. The van der Waals surface area contributed by atoms with Crippen LogP contribution in [0.3, 0.4) is 0 Å². The molecule has 150 valence electrons. The molecular weight excluding hydrogens is 322 g/mol. The Hall–Kier alpha value is -0.640. The van der Waals surface area contributed by atoms with Gasteiger partial charge in [0.1, 0.15) is 0 Å². The molecule has 0 bridgehead atoms. The first kappa shape index (κ1) is 21.7. The summed E-state index contributed by atoms with van der Waals surface area (Å²) in [6.45, 7) is 3.37. The fraction of sp³-hybridized carbons (Fsp3) is 0.826. The summed E-state index contributed by atoms with van der Waals surface area (Å²) in [5, 5.41) is 20.6. The van der Waals surface area contributed by atoms with E-state index in [0.29, 0.717) is 11.8 Å². The summed E-state index contributed by atoms with van der Waals surface area (Å²) in [6.07, 6.45) is 17.4. The monoisotopic (exact) mass is 363 g/mol. The number of hydrogen-bond acceptors (Lipinski definition) is 3. The van der Waals surface area contributed by atoms with Gasteiger partial charge >= 0.3 is 0 Å². The van der Waals surface area contributed by atoms with E-state index in [-0.39, 0.29) is 18.1 Å². The highest BCUT2D eigenvalue weighted by atomic mass is 16.3. The first-order chi connectivity index (χ1) is 12.5. The minimum Gasteiger partial charge on any atom is -0.392 e. The molecule has 1 fully saturated rings. The van der Waals surface area contributed by atoms with Gasteiger partial charge in [-0.05, 0) is 71.0 Å². The van der Waals surface area contributed by atoms with Crippen LogP contribution in [0.1, 0.15) is 71.1 Å². The fourth-order valence-electron chi connectivity index (χ4n) is 4.70. The fourth-order valence-corrected chi connectivity index (χ4v) is 4.70. The van der Waals surface area contributed by atoms with E-state index < -0.39 is 0 Å². The minimum atomic E-state index is -0.349. The molecule has 0 unspecified atom stereocenters. The highest BCUT2D eigenvalue weighted by molar-refractivity contribution is 5.20. The second-order valence-electron chi connectivity index (χ2n) is 8.80. The van der Waals surface area contributed by atoms with E-state index in [0.717, 1.165) is 25.7 Å². The van der Waals surface area contributed by atoms with Crippen LogP contribution in [0.5, 0.6) is 0 Å². The van der Waals surface area contributed by atoms with E-state index in [2.05, 4.69) is 38.1 Å². The second kappa shape index (κ2) is 11.3. The van der Waals surface area contributed by atoms with Gasteiger partial charge in [0.05, 0.1) is 12.2 Å². The molecule has 0 aromatic heterocycles. The summed E-state index contributed by atoms with van der Waals surface area (Å²) >= 11 is 0. The van der Waals surface area contributed by atoms with E-state index in [1.165, 1.54) is 45.1 Å². The molecule has 0 amide bonds. The molecule has 0 aromatic rings. The molecule has 0 saturated heterocycles. The third-order valence-corrected chi connectivity index (χ3v) is 6.21. The summed E-state index contributed by atoms with van der Waals surface area (Å²) in [5.41, 5.74) is 1.61. The van der Waals surface area contributed by atoms with Crippen molar-refractivity contribution in [1.82, 2.24) is 4.90 Å². The molecule has 0 aromatic carbocycles. The molecule has 1 saturated carbocycles. The zero-order valence-electron chi connectivity index (χ0n) is 17.2. The van der Waals surface area contributed by atoms with Crippen LogP contribution in [0.2, 0.25) is 0 Å². The molecule has 2 rings (SSSR count). The normalized spacial score (nSPS) is 29.5. The van der Waals surface area contributed by atoms with Crippen molar-refractivity contribution in [2.24, 2.45) is 17.8 Å². The lowest BCUT2D eigenvalue weighted by Crippen LogP contribution is -2.18. The Bertz CT molecular complexity index is 457. The molecule has 2 aliphatic rings. The van der Waals surface area contributed by atoms with Crippen LogP contribution >= 0.6 is 0 Å².